The van der Waals surface area contributed by atoms with Crippen LogP contribution in [0.25, 0.3) is 0 Å². The van der Waals surface area contributed by atoms with Gasteiger partial charge in [-0.1, -0.05) is 13.5 Å². The van der Waals surface area contributed by atoms with E-state index < -0.39 is 11.7 Å². The van der Waals surface area contributed by atoms with E-state index in [1.54, 1.807) is 0 Å². The zero-order valence-electron chi connectivity index (χ0n) is 9.01. The van der Waals surface area contributed by atoms with Gasteiger partial charge in [0.25, 0.3) is 0 Å². The van der Waals surface area contributed by atoms with Crippen LogP contribution in [0.3, 0.4) is 0 Å². The number of nitrogens with zero attached hydrogens (tertiary/aromatic N) is 2. The van der Waals surface area contributed by atoms with E-state index in [1.165, 1.54) is 4.68 Å². The molecule has 0 spiro atoms. The smallest absolute Gasteiger partial charge is 0.313 e. The van der Waals surface area contributed by atoms with Crippen molar-refractivity contribution >= 4 is 0 Å². The van der Waals surface area contributed by atoms with Gasteiger partial charge in [-0.3, -0.25) is 4.68 Å². The Morgan fingerprint density at radius 1 is 1.56 bits per heavy atom. The Bertz CT molecular complexity index is 354. The van der Waals surface area contributed by atoms with Crippen molar-refractivity contribution in [1.29, 1.82) is 0 Å². The van der Waals surface area contributed by atoms with Crippen LogP contribution in [0.1, 0.15) is 12.5 Å². The van der Waals surface area contributed by atoms with Gasteiger partial charge >= 0.3 is 6.18 Å². The Morgan fingerprint density at radius 2 is 2.25 bits per heavy atom. The molecular formula is C10H14F3N3. The van der Waals surface area contributed by atoms with E-state index in [4.69, 9.17) is 0 Å². The Hall–Kier alpha value is -1.30. The third-order valence-corrected chi connectivity index (χ3v) is 1.97. The normalized spacial score (nSPS) is 11.8. The molecule has 3 nitrogen and oxygen atoms in total. The second-order valence-corrected chi connectivity index (χ2v) is 3.45. The van der Waals surface area contributed by atoms with Crippen LogP contribution in [0.15, 0.2) is 24.5 Å². The van der Waals surface area contributed by atoms with Crippen molar-refractivity contribution in [2.75, 3.05) is 13.1 Å². The highest BCUT2D eigenvalue weighted by Gasteiger charge is 2.32. The highest BCUT2D eigenvalue weighted by molar-refractivity contribution is 5.09. The van der Waals surface area contributed by atoms with Crippen LogP contribution in [0, 0.1) is 0 Å². The van der Waals surface area contributed by atoms with E-state index in [9.17, 15) is 13.2 Å². The SMILES string of the molecule is C=C(CNCC)Cn1cc(C(F)(F)F)cn1. The predicted molar refractivity (Wildman–Crippen MR) is 54.9 cm³/mol. The minimum Gasteiger partial charge on any atom is -0.313 e. The van der Waals surface area contributed by atoms with E-state index in [-0.39, 0.29) is 0 Å². The number of alkyl halides is 3. The fourth-order valence-electron chi connectivity index (χ4n) is 1.18. The molecule has 0 aromatic carbocycles. The lowest BCUT2D eigenvalue weighted by Crippen LogP contribution is -2.18. The fraction of sp³-hybridized carbons (Fsp3) is 0.500. The van der Waals surface area contributed by atoms with Gasteiger partial charge in [0.1, 0.15) is 0 Å². The standard InChI is InChI=1S/C10H14F3N3/c1-3-14-4-8(2)6-16-7-9(5-15-16)10(11,12)13/h5,7,14H,2-4,6H2,1H3. The number of hydrogen-bond donors (Lipinski definition) is 1. The van der Waals surface area contributed by atoms with E-state index >= 15 is 0 Å². The molecule has 0 saturated heterocycles. The van der Waals surface area contributed by atoms with Crippen molar-refractivity contribution < 1.29 is 13.2 Å². The summed E-state index contributed by atoms with van der Waals surface area (Å²) in [7, 11) is 0. The summed E-state index contributed by atoms with van der Waals surface area (Å²) in [4.78, 5) is 0. The zero-order chi connectivity index (χ0) is 12.2. The molecule has 0 saturated carbocycles. The molecule has 0 aliphatic rings. The Kier molecular flexibility index (Phi) is 4.12. The van der Waals surface area contributed by atoms with E-state index in [2.05, 4.69) is 17.0 Å². The van der Waals surface area contributed by atoms with Crippen LogP contribution in [-0.4, -0.2) is 22.9 Å². The zero-order valence-corrected chi connectivity index (χ0v) is 9.01. The summed E-state index contributed by atoms with van der Waals surface area (Å²) in [6.45, 7) is 7.38. The number of likely N-dealkylation sites (N-methyl/N-ethyl adjacent to an activating group) is 1. The molecule has 0 radical (unpaired) electrons. The molecule has 0 bridgehead atoms. The highest BCUT2D eigenvalue weighted by Crippen LogP contribution is 2.28. The third kappa shape index (κ3) is 3.69. The van der Waals surface area contributed by atoms with Gasteiger partial charge in [-0.05, 0) is 12.1 Å². The lowest BCUT2D eigenvalue weighted by molar-refractivity contribution is -0.137. The molecule has 1 aromatic rings. The molecule has 0 amide bonds. The second kappa shape index (κ2) is 5.16. The summed E-state index contributed by atoms with van der Waals surface area (Å²) in [5.41, 5.74) is 0.0578. The number of halogens is 3. The van der Waals surface area contributed by atoms with Crippen LogP contribution in [0.2, 0.25) is 0 Å². The first kappa shape index (κ1) is 12.8. The van der Waals surface area contributed by atoms with Crippen LogP contribution in [-0.2, 0) is 12.7 Å². The highest BCUT2D eigenvalue weighted by atomic mass is 19.4. The lowest BCUT2D eigenvalue weighted by atomic mass is 10.3. The van der Waals surface area contributed by atoms with Gasteiger partial charge in [0.05, 0.1) is 18.3 Å². The molecule has 0 aliphatic carbocycles. The summed E-state index contributed by atoms with van der Waals surface area (Å²) in [6.07, 6.45) is -2.53. The molecule has 0 unspecified atom stereocenters. The number of aromatic nitrogens is 2. The Labute approximate surface area is 92.0 Å². The van der Waals surface area contributed by atoms with E-state index in [1.807, 2.05) is 6.92 Å². The molecule has 6 heteroatoms. The maximum atomic E-state index is 12.3. The van der Waals surface area contributed by atoms with Crippen LogP contribution < -0.4 is 5.32 Å². The molecule has 90 valence electrons. The molecule has 1 heterocycles. The van der Waals surface area contributed by atoms with Crippen molar-refractivity contribution in [1.82, 2.24) is 15.1 Å². The van der Waals surface area contributed by atoms with E-state index in [0.717, 1.165) is 24.5 Å². The minimum absolute atomic E-state index is 0.295. The maximum Gasteiger partial charge on any atom is 0.419 e. The first-order chi connectivity index (χ1) is 7.43. The van der Waals surface area contributed by atoms with Gasteiger partial charge in [0.15, 0.2) is 0 Å². The predicted octanol–water partition coefficient (Wildman–Crippen LogP) is 2.07. The first-order valence-corrected chi connectivity index (χ1v) is 4.90. The van der Waals surface area contributed by atoms with E-state index in [0.29, 0.717) is 13.1 Å². The molecule has 1 aromatic heterocycles. The summed E-state index contributed by atoms with van der Waals surface area (Å²) >= 11 is 0. The Morgan fingerprint density at radius 3 is 2.75 bits per heavy atom. The summed E-state index contributed by atoms with van der Waals surface area (Å²) < 4.78 is 38.0. The van der Waals surface area contributed by atoms with Gasteiger partial charge in [-0.2, -0.15) is 18.3 Å². The van der Waals surface area contributed by atoms with Crippen molar-refractivity contribution in [3.05, 3.63) is 30.1 Å². The van der Waals surface area contributed by atoms with Crippen LogP contribution in [0.4, 0.5) is 13.2 Å². The Balaban J connectivity index is 2.56. The molecule has 1 rings (SSSR count). The third-order valence-electron chi connectivity index (χ3n) is 1.97. The fourth-order valence-corrected chi connectivity index (χ4v) is 1.18. The average molecular weight is 233 g/mol. The van der Waals surface area contributed by atoms with Gasteiger partial charge in [0, 0.05) is 12.7 Å². The molecule has 0 atom stereocenters. The quantitative estimate of drug-likeness (QED) is 0.789. The molecular weight excluding hydrogens is 219 g/mol. The second-order valence-electron chi connectivity index (χ2n) is 3.45. The monoisotopic (exact) mass is 233 g/mol. The van der Waals surface area contributed by atoms with Gasteiger partial charge < -0.3 is 5.32 Å². The number of hydrogen-bond acceptors (Lipinski definition) is 2. The van der Waals surface area contributed by atoms with Crippen molar-refractivity contribution in [3.8, 4) is 0 Å². The van der Waals surface area contributed by atoms with Gasteiger partial charge in [-0.15, -0.1) is 0 Å². The first-order valence-electron chi connectivity index (χ1n) is 4.90. The topological polar surface area (TPSA) is 29.9 Å². The molecule has 1 N–H and O–H groups in total. The largest absolute Gasteiger partial charge is 0.419 e. The molecule has 0 fully saturated rings. The van der Waals surface area contributed by atoms with Crippen molar-refractivity contribution in [2.24, 2.45) is 0 Å². The summed E-state index contributed by atoms with van der Waals surface area (Å²) in [5.74, 6) is 0. The molecule has 16 heavy (non-hydrogen) atoms. The van der Waals surface area contributed by atoms with Crippen LogP contribution in [0.5, 0.6) is 0 Å². The van der Waals surface area contributed by atoms with Crippen molar-refractivity contribution in [3.63, 3.8) is 0 Å². The molecule has 0 aliphatic heterocycles. The maximum absolute atomic E-state index is 12.3. The summed E-state index contributed by atoms with van der Waals surface area (Å²) in [5, 5.41) is 6.68. The minimum atomic E-state index is -4.33. The lowest BCUT2D eigenvalue weighted by Gasteiger charge is -2.06. The number of nitrogens with one attached hydrogen (secondary N) is 1. The van der Waals surface area contributed by atoms with Crippen LogP contribution >= 0.6 is 0 Å². The summed E-state index contributed by atoms with van der Waals surface area (Å²) in [6, 6.07) is 0. The average Bonchev–Trinajstić information content (AvgIpc) is 2.62. The van der Waals surface area contributed by atoms with Gasteiger partial charge in [0.2, 0.25) is 0 Å². The van der Waals surface area contributed by atoms with Crippen molar-refractivity contribution in [2.45, 2.75) is 19.6 Å². The number of rotatable bonds is 5. The van der Waals surface area contributed by atoms with Gasteiger partial charge in [-0.25, -0.2) is 0 Å².